The van der Waals surface area contributed by atoms with Gasteiger partial charge in [0.25, 0.3) is 10.0 Å². The molecule has 0 saturated carbocycles. The Bertz CT molecular complexity index is 1190. The lowest BCUT2D eigenvalue weighted by Crippen LogP contribution is -2.32. The van der Waals surface area contributed by atoms with Crippen LogP contribution >= 0.6 is 23.2 Å². The summed E-state index contributed by atoms with van der Waals surface area (Å²) in [5.41, 5.74) is 1.42. The summed E-state index contributed by atoms with van der Waals surface area (Å²) in [6.45, 7) is 0.391. The van der Waals surface area contributed by atoms with Crippen molar-refractivity contribution in [2.24, 2.45) is 7.05 Å². The summed E-state index contributed by atoms with van der Waals surface area (Å²) in [5.74, 6) is -0.638. The Balaban J connectivity index is 1.67. The second kappa shape index (κ2) is 8.19. The van der Waals surface area contributed by atoms with Gasteiger partial charge in [-0.1, -0.05) is 35.3 Å². The van der Waals surface area contributed by atoms with Gasteiger partial charge in [0.05, 0.1) is 16.4 Å². The molecular formula is C20H19Cl2FN4O2S. The quantitative estimate of drug-likeness (QED) is 0.610. The van der Waals surface area contributed by atoms with E-state index < -0.39 is 10.0 Å². The maximum absolute atomic E-state index is 13.9. The second-order valence-corrected chi connectivity index (χ2v) is 9.94. The molecular weight excluding hydrogens is 450 g/mol. The van der Waals surface area contributed by atoms with Crippen molar-refractivity contribution in [3.8, 4) is 0 Å². The molecule has 1 saturated heterocycles. The van der Waals surface area contributed by atoms with Gasteiger partial charge in [0, 0.05) is 44.0 Å². The molecule has 3 aromatic rings. The maximum atomic E-state index is 13.9. The van der Waals surface area contributed by atoms with E-state index in [0.717, 1.165) is 0 Å². The molecule has 2 aromatic carbocycles. The topological polar surface area (TPSA) is 67.2 Å². The molecule has 6 nitrogen and oxygen atoms in total. The highest BCUT2D eigenvalue weighted by Crippen LogP contribution is 2.34. The Morgan fingerprint density at radius 3 is 2.60 bits per heavy atom. The predicted octanol–water partition coefficient (Wildman–Crippen LogP) is 4.13. The van der Waals surface area contributed by atoms with Crippen LogP contribution in [0.2, 0.25) is 10.0 Å². The number of aryl methyl sites for hydroxylation is 1. The van der Waals surface area contributed by atoms with Gasteiger partial charge in [0.15, 0.2) is 5.03 Å². The van der Waals surface area contributed by atoms with Gasteiger partial charge in [-0.2, -0.15) is 4.31 Å². The molecule has 30 heavy (non-hydrogen) atoms. The highest BCUT2D eigenvalue weighted by Gasteiger charge is 2.41. The third-order valence-corrected chi connectivity index (χ3v) is 7.58. The van der Waals surface area contributed by atoms with Crippen molar-refractivity contribution in [1.82, 2.24) is 13.9 Å². The van der Waals surface area contributed by atoms with Gasteiger partial charge >= 0.3 is 0 Å². The minimum Gasteiger partial charge on any atom is -0.380 e. The third kappa shape index (κ3) is 4.18. The molecule has 0 spiro atoms. The molecule has 10 heteroatoms. The summed E-state index contributed by atoms with van der Waals surface area (Å²) >= 11 is 12.1. The SMILES string of the molecule is Cn1cnc(S(=O)(=O)N2CC(Nc3ccc(Cl)c(Cl)c3)C(c3cccc(F)c3)C2)c1. The molecule has 1 aliphatic heterocycles. The van der Waals surface area contributed by atoms with Crippen molar-refractivity contribution in [2.45, 2.75) is 17.0 Å². The fraction of sp³-hybridized carbons (Fsp3) is 0.250. The van der Waals surface area contributed by atoms with Crippen LogP contribution in [0, 0.1) is 5.82 Å². The van der Waals surface area contributed by atoms with Crippen molar-refractivity contribution in [1.29, 1.82) is 0 Å². The van der Waals surface area contributed by atoms with Crippen LogP contribution in [-0.2, 0) is 17.1 Å². The van der Waals surface area contributed by atoms with Gasteiger partial charge in [0.2, 0.25) is 0 Å². The van der Waals surface area contributed by atoms with Crippen molar-refractivity contribution in [3.05, 3.63) is 76.4 Å². The Kier molecular flexibility index (Phi) is 5.76. The van der Waals surface area contributed by atoms with Crippen molar-refractivity contribution < 1.29 is 12.8 Å². The predicted molar refractivity (Wildman–Crippen MR) is 115 cm³/mol. The number of nitrogens with one attached hydrogen (secondary N) is 1. The van der Waals surface area contributed by atoms with Gasteiger partial charge in [-0.05, 0) is 35.9 Å². The average Bonchev–Trinajstić information content (AvgIpc) is 3.32. The molecule has 0 bridgehead atoms. The summed E-state index contributed by atoms with van der Waals surface area (Å²) in [7, 11) is -2.08. The van der Waals surface area contributed by atoms with Gasteiger partial charge in [-0.15, -0.1) is 0 Å². The highest BCUT2D eigenvalue weighted by molar-refractivity contribution is 7.89. The van der Waals surface area contributed by atoms with Gasteiger partial charge in [-0.3, -0.25) is 0 Å². The number of hydrogen-bond donors (Lipinski definition) is 1. The molecule has 0 amide bonds. The molecule has 0 radical (unpaired) electrons. The van der Waals surface area contributed by atoms with Crippen molar-refractivity contribution in [2.75, 3.05) is 18.4 Å². The fourth-order valence-electron chi connectivity index (χ4n) is 3.64. The third-order valence-electron chi connectivity index (χ3n) is 5.12. The van der Waals surface area contributed by atoms with Crippen LogP contribution in [0.25, 0.3) is 0 Å². The number of sulfonamides is 1. The summed E-state index contributed by atoms with van der Waals surface area (Å²) in [6, 6.07) is 11.0. The van der Waals surface area contributed by atoms with Crippen LogP contribution in [-0.4, -0.2) is 41.4 Å². The van der Waals surface area contributed by atoms with E-state index in [9.17, 15) is 12.8 Å². The number of hydrogen-bond acceptors (Lipinski definition) is 4. The van der Waals surface area contributed by atoms with E-state index in [1.165, 1.54) is 29.0 Å². The molecule has 1 aliphatic rings. The van der Waals surface area contributed by atoms with E-state index in [1.807, 2.05) is 0 Å². The van der Waals surface area contributed by atoms with E-state index >= 15 is 0 Å². The fourth-order valence-corrected chi connectivity index (χ4v) is 5.40. The van der Waals surface area contributed by atoms with Crippen LogP contribution in [0.3, 0.4) is 0 Å². The molecule has 4 rings (SSSR count). The molecule has 1 fully saturated rings. The average molecular weight is 469 g/mol. The molecule has 2 heterocycles. The Labute approximate surface area is 184 Å². The number of rotatable bonds is 5. The maximum Gasteiger partial charge on any atom is 0.262 e. The lowest BCUT2D eigenvalue weighted by molar-refractivity contribution is 0.468. The number of imidazole rings is 1. The van der Waals surface area contributed by atoms with Crippen LogP contribution in [0.5, 0.6) is 0 Å². The van der Waals surface area contributed by atoms with Crippen LogP contribution in [0.1, 0.15) is 11.5 Å². The minimum absolute atomic E-state index is 0.0156. The first-order valence-electron chi connectivity index (χ1n) is 9.19. The first-order chi connectivity index (χ1) is 14.2. The van der Waals surface area contributed by atoms with E-state index in [1.54, 1.807) is 41.9 Å². The van der Waals surface area contributed by atoms with Crippen LogP contribution in [0.15, 0.2) is 60.0 Å². The zero-order valence-corrected chi connectivity index (χ0v) is 18.3. The first-order valence-corrected chi connectivity index (χ1v) is 11.4. The lowest BCUT2D eigenvalue weighted by Gasteiger charge is -2.21. The van der Waals surface area contributed by atoms with Gasteiger partial charge in [-0.25, -0.2) is 17.8 Å². The number of aromatic nitrogens is 2. The first kappa shape index (κ1) is 21.1. The van der Waals surface area contributed by atoms with E-state index in [0.29, 0.717) is 21.3 Å². The molecule has 1 N–H and O–H groups in total. The van der Waals surface area contributed by atoms with Crippen molar-refractivity contribution >= 4 is 38.9 Å². The summed E-state index contributed by atoms with van der Waals surface area (Å²) in [6.07, 6.45) is 2.91. The summed E-state index contributed by atoms with van der Waals surface area (Å²) in [5, 5.41) is 4.14. The smallest absolute Gasteiger partial charge is 0.262 e. The number of benzene rings is 2. The van der Waals surface area contributed by atoms with Crippen molar-refractivity contribution in [3.63, 3.8) is 0 Å². The number of nitrogens with zero attached hydrogens (tertiary/aromatic N) is 3. The molecule has 158 valence electrons. The van der Waals surface area contributed by atoms with Gasteiger partial charge in [0.1, 0.15) is 5.82 Å². The van der Waals surface area contributed by atoms with Crippen LogP contribution in [0.4, 0.5) is 10.1 Å². The van der Waals surface area contributed by atoms with Crippen LogP contribution < -0.4 is 5.32 Å². The van der Waals surface area contributed by atoms with Gasteiger partial charge < -0.3 is 9.88 Å². The lowest BCUT2D eigenvalue weighted by atomic mass is 9.94. The molecule has 1 aromatic heterocycles. The monoisotopic (exact) mass is 468 g/mol. The van der Waals surface area contributed by atoms with E-state index in [-0.39, 0.29) is 35.9 Å². The Morgan fingerprint density at radius 2 is 1.93 bits per heavy atom. The largest absolute Gasteiger partial charge is 0.380 e. The molecule has 0 aliphatic carbocycles. The normalized spacial score (nSPS) is 19.9. The molecule has 2 atom stereocenters. The number of anilines is 1. The Morgan fingerprint density at radius 1 is 1.13 bits per heavy atom. The van der Waals surface area contributed by atoms with E-state index in [2.05, 4.69) is 10.3 Å². The minimum atomic E-state index is -3.79. The highest BCUT2D eigenvalue weighted by atomic mass is 35.5. The number of halogens is 3. The van der Waals surface area contributed by atoms with E-state index in [4.69, 9.17) is 23.2 Å². The molecule has 2 unspecified atom stereocenters. The standard InChI is InChI=1S/C20H19Cl2FN4O2S/c1-26-11-20(24-12-26)30(28,29)27-9-16(13-3-2-4-14(23)7-13)19(10-27)25-15-5-6-17(21)18(22)8-15/h2-8,11-12,16,19,25H,9-10H2,1H3. The summed E-state index contributed by atoms with van der Waals surface area (Å²) in [4.78, 5) is 4.00. The zero-order valence-electron chi connectivity index (χ0n) is 16.0. The zero-order chi connectivity index (χ0) is 21.5. The second-order valence-electron chi connectivity index (χ2n) is 7.24. The summed E-state index contributed by atoms with van der Waals surface area (Å²) < 4.78 is 43.0. The Hall–Kier alpha value is -2.13.